The fraction of sp³-hybridized carbons (Fsp3) is 0.667. The summed E-state index contributed by atoms with van der Waals surface area (Å²) in [6.07, 6.45) is 6.35. The molecule has 96 valence electrons. The molecule has 2 rings (SSSR count). The highest BCUT2D eigenvalue weighted by atomic mass is 32.2. The molecule has 17 heavy (non-hydrogen) atoms. The summed E-state index contributed by atoms with van der Waals surface area (Å²) >= 11 is 1.38. The molecule has 0 radical (unpaired) electrons. The third kappa shape index (κ3) is 3.30. The van der Waals surface area contributed by atoms with Crippen LogP contribution in [0.2, 0.25) is 0 Å². The average Bonchev–Trinajstić information content (AvgIpc) is 2.79. The van der Waals surface area contributed by atoms with Gasteiger partial charge >= 0.3 is 0 Å². The lowest BCUT2D eigenvalue weighted by molar-refractivity contribution is 0.412. The van der Waals surface area contributed by atoms with E-state index in [-0.39, 0.29) is 6.04 Å². The van der Waals surface area contributed by atoms with E-state index in [9.17, 15) is 8.42 Å². The van der Waals surface area contributed by atoms with Crippen molar-refractivity contribution in [2.75, 3.05) is 0 Å². The SMILES string of the molecule is CCc1ccc(S(=O)(=O)NC2CCCCC2)s1. The van der Waals surface area contributed by atoms with E-state index in [0.717, 1.165) is 37.0 Å². The molecule has 1 aromatic rings. The second-order valence-electron chi connectivity index (χ2n) is 4.53. The van der Waals surface area contributed by atoms with Crippen LogP contribution in [-0.2, 0) is 16.4 Å². The van der Waals surface area contributed by atoms with Gasteiger partial charge in [0.2, 0.25) is 10.0 Å². The van der Waals surface area contributed by atoms with Gasteiger partial charge < -0.3 is 0 Å². The molecule has 5 heteroatoms. The van der Waals surface area contributed by atoms with E-state index in [1.54, 1.807) is 6.07 Å². The molecule has 1 fully saturated rings. The summed E-state index contributed by atoms with van der Waals surface area (Å²) in [6.45, 7) is 2.04. The number of thiophene rings is 1. The van der Waals surface area contributed by atoms with Gasteiger partial charge in [-0.05, 0) is 31.4 Å². The van der Waals surface area contributed by atoms with Gasteiger partial charge in [0.1, 0.15) is 4.21 Å². The van der Waals surface area contributed by atoms with Crippen LogP contribution >= 0.6 is 11.3 Å². The zero-order valence-corrected chi connectivity index (χ0v) is 11.7. The van der Waals surface area contributed by atoms with E-state index in [0.29, 0.717) is 4.21 Å². The Morgan fingerprint density at radius 1 is 1.29 bits per heavy atom. The zero-order chi connectivity index (χ0) is 12.3. The summed E-state index contributed by atoms with van der Waals surface area (Å²) in [7, 11) is -3.28. The minimum absolute atomic E-state index is 0.140. The summed E-state index contributed by atoms with van der Waals surface area (Å²) in [4.78, 5) is 1.12. The minimum atomic E-state index is -3.28. The van der Waals surface area contributed by atoms with E-state index >= 15 is 0 Å². The van der Waals surface area contributed by atoms with Gasteiger partial charge in [0.05, 0.1) is 0 Å². The first kappa shape index (κ1) is 13.1. The Morgan fingerprint density at radius 2 is 2.00 bits per heavy atom. The lowest BCUT2D eigenvalue weighted by Gasteiger charge is -2.22. The van der Waals surface area contributed by atoms with Crippen LogP contribution in [0.4, 0.5) is 0 Å². The van der Waals surface area contributed by atoms with Gasteiger partial charge in [-0.15, -0.1) is 11.3 Å². The zero-order valence-electron chi connectivity index (χ0n) is 10.1. The Balaban J connectivity index is 2.07. The quantitative estimate of drug-likeness (QED) is 0.917. The lowest BCUT2D eigenvalue weighted by Crippen LogP contribution is -2.35. The highest BCUT2D eigenvalue weighted by Gasteiger charge is 2.22. The van der Waals surface area contributed by atoms with Gasteiger partial charge in [-0.2, -0.15) is 0 Å². The van der Waals surface area contributed by atoms with Crippen LogP contribution in [0, 0.1) is 0 Å². The van der Waals surface area contributed by atoms with Crippen LogP contribution in [0.3, 0.4) is 0 Å². The maximum absolute atomic E-state index is 12.1. The van der Waals surface area contributed by atoms with E-state index < -0.39 is 10.0 Å². The Morgan fingerprint density at radius 3 is 2.59 bits per heavy atom. The molecule has 3 nitrogen and oxygen atoms in total. The van der Waals surface area contributed by atoms with Crippen molar-refractivity contribution in [3.8, 4) is 0 Å². The fourth-order valence-corrected chi connectivity index (χ4v) is 4.81. The van der Waals surface area contributed by atoms with Crippen LogP contribution < -0.4 is 4.72 Å². The number of sulfonamides is 1. The van der Waals surface area contributed by atoms with Crippen LogP contribution in [0.25, 0.3) is 0 Å². The first-order valence-electron chi connectivity index (χ1n) is 6.23. The molecule has 0 aromatic carbocycles. The minimum Gasteiger partial charge on any atom is -0.207 e. The van der Waals surface area contributed by atoms with E-state index in [2.05, 4.69) is 4.72 Å². The monoisotopic (exact) mass is 273 g/mol. The van der Waals surface area contributed by atoms with Crippen molar-refractivity contribution in [2.24, 2.45) is 0 Å². The molecule has 0 spiro atoms. The molecule has 0 amide bonds. The number of aryl methyl sites for hydroxylation is 1. The second-order valence-corrected chi connectivity index (χ2v) is 7.64. The molecule has 1 N–H and O–H groups in total. The number of hydrogen-bond donors (Lipinski definition) is 1. The molecule has 1 aliphatic rings. The van der Waals surface area contributed by atoms with Crippen molar-refractivity contribution < 1.29 is 8.42 Å². The molecular weight excluding hydrogens is 254 g/mol. The summed E-state index contributed by atoms with van der Waals surface area (Å²) < 4.78 is 27.5. The fourth-order valence-electron chi connectivity index (χ4n) is 2.19. The molecule has 1 aromatic heterocycles. The largest absolute Gasteiger partial charge is 0.250 e. The van der Waals surface area contributed by atoms with Crippen molar-refractivity contribution in [3.63, 3.8) is 0 Å². The first-order chi connectivity index (χ1) is 8.12. The van der Waals surface area contributed by atoms with Crippen LogP contribution in [0.15, 0.2) is 16.3 Å². The van der Waals surface area contributed by atoms with Crippen molar-refractivity contribution in [3.05, 3.63) is 17.0 Å². The van der Waals surface area contributed by atoms with Crippen molar-refractivity contribution in [1.82, 2.24) is 4.72 Å². The Hall–Kier alpha value is -0.390. The van der Waals surface area contributed by atoms with Crippen LogP contribution in [0.5, 0.6) is 0 Å². The van der Waals surface area contributed by atoms with E-state index in [1.165, 1.54) is 17.8 Å². The molecule has 0 saturated heterocycles. The third-order valence-electron chi connectivity index (χ3n) is 3.18. The van der Waals surface area contributed by atoms with Gasteiger partial charge in [-0.25, -0.2) is 13.1 Å². The summed E-state index contributed by atoms with van der Waals surface area (Å²) in [5, 5.41) is 0. The van der Waals surface area contributed by atoms with Crippen LogP contribution in [0.1, 0.15) is 43.9 Å². The van der Waals surface area contributed by atoms with E-state index in [4.69, 9.17) is 0 Å². The molecule has 1 aliphatic carbocycles. The molecular formula is C12H19NO2S2. The van der Waals surface area contributed by atoms with Gasteiger partial charge in [0, 0.05) is 10.9 Å². The van der Waals surface area contributed by atoms with Crippen molar-refractivity contribution in [2.45, 2.75) is 55.7 Å². The normalized spacial score (nSPS) is 18.4. The number of nitrogens with one attached hydrogen (secondary N) is 1. The van der Waals surface area contributed by atoms with Gasteiger partial charge in [-0.1, -0.05) is 26.2 Å². The maximum Gasteiger partial charge on any atom is 0.250 e. The average molecular weight is 273 g/mol. The van der Waals surface area contributed by atoms with Gasteiger partial charge in [-0.3, -0.25) is 0 Å². The Kier molecular flexibility index (Phi) is 4.22. The highest BCUT2D eigenvalue weighted by molar-refractivity contribution is 7.91. The Bertz CT molecular complexity index is 459. The van der Waals surface area contributed by atoms with Gasteiger partial charge in [0.15, 0.2) is 0 Å². The third-order valence-corrected chi connectivity index (χ3v) is 6.42. The maximum atomic E-state index is 12.1. The smallest absolute Gasteiger partial charge is 0.207 e. The van der Waals surface area contributed by atoms with Gasteiger partial charge in [0.25, 0.3) is 0 Å². The summed E-state index contributed by atoms with van der Waals surface area (Å²) in [5.41, 5.74) is 0. The summed E-state index contributed by atoms with van der Waals surface area (Å²) in [6, 6.07) is 3.76. The molecule has 0 aliphatic heterocycles. The second kappa shape index (κ2) is 5.50. The van der Waals surface area contributed by atoms with Crippen molar-refractivity contribution >= 4 is 21.4 Å². The first-order valence-corrected chi connectivity index (χ1v) is 8.53. The predicted octanol–water partition coefficient (Wildman–Crippen LogP) is 2.92. The standard InChI is InChI=1S/C12H19NO2S2/c1-2-11-8-9-12(16-11)17(14,15)13-10-6-4-3-5-7-10/h8-10,13H,2-7H2,1H3. The molecule has 1 heterocycles. The lowest BCUT2D eigenvalue weighted by atomic mass is 9.96. The van der Waals surface area contributed by atoms with Crippen LogP contribution in [-0.4, -0.2) is 14.5 Å². The molecule has 0 atom stereocenters. The topological polar surface area (TPSA) is 46.2 Å². The molecule has 0 unspecified atom stereocenters. The number of rotatable bonds is 4. The number of hydrogen-bond acceptors (Lipinski definition) is 3. The predicted molar refractivity (Wildman–Crippen MR) is 70.9 cm³/mol. The highest BCUT2D eigenvalue weighted by Crippen LogP contribution is 2.24. The molecule has 0 bridgehead atoms. The summed E-state index contributed by atoms with van der Waals surface area (Å²) in [5.74, 6) is 0. The Labute approximate surface area is 107 Å². The van der Waals surface area contributed by atoms with Crippen molar-refractivity contribution in [1.29, 1.82) is 0 Å². The molecule has 1 saturated carbocycles. The van der Waals surface area contributed by atoms with E-state index in [1.807, 2.05) is 13.0 Å².